The number of rotatable bonds is 5. The molecule has 1 saturated heterocycles. The fourth-order valence-electron chi connectivity index (χ4n) is 4.28. The third-order valence-corrected chi connectivity index (χ3v) is 5.96. The monoisotopic (exact) mass is 392 g/mol. The predicted molar refractivity (Wildman–Crippen MR) is 102 cm³/mol. The van der Waals surface area contributed by atoms with Crippen LogP contribution in [0.5, 0.6) is 0 Å². The number of nitrogens with one attached hydrogen (secondary N) is 1. The Labute approximate surface area is 154 Å². The number of piperidine rings is 1. The molecule has 3 atom stereocenters. The first kappa shape index (κ1) is 17.9. The maximum atomic E-state index is 12.9. The smallest absolute Gasteiger partial charge is 0.230 e. The van der Waals surface area contributed by atoms with Gasteiger partial charge < -0.3 is 10.2 Å². The largest absolute Gasteiger partial charge is 0.352 e. The molecule has 3 nitrogen and oxygen atoms in total. The highest BCUT2D eigenvalue weighted by Crippen LogP contribution is 2.48. The molecule has 24 heavy (non-hydrogen) atoms. The number of carbonyl (C=O) groups excluding carboxylic acids is 1. The molecule has 1 aliphatic heterocycles. The Kier molecular flexibility index (Phi) is 5.36. The van der Waals surface area contributed by atoms with Crippen LogP contribution < -0.4 is 5.32 Å². The quantitative estimate of drug-likeness (QED) is 0.821. The molecule has 1 aromatic carbocycles. The number of hydrogen-bond acceptors (Lipinski definition) is 2. The van der Waals surface area contributed by atoms with E-state index in [0.29, 0.717) is 0 Å². The summed E-state index contributed by atoms with van der Waals surface area (Å²) in [5.41, 5.74) is 0.868. The van der Waals surface area contributed by atoms with Gasteiger partial charge in [0.05, 0.1) is 5.41 Å². The molecular formula is C20H29BrN2O. The number of likely N-dealkylation sites (tertiary alicyclic amines) is 1. The van der Waals surface area contributed by atoms with E-state index >= 15 is 0 Å². The molecule has 0 unspecified atom stereocenters. The second-order valence-electron chi connectivity index (χ2n) is 8.13. The highest BCUT2D eigenvalue weighted by molar-refractivity contribution is 9.10. The first-order chi connectivity index (χ1) is 11.4. The Morgan fingerprint density at radius 2 is 1.83 bits per heavy atom. The molecular weight excluding hydrogens is 364 g/mol. The van der Waals surface area contributed by atoms with Gasteiger partial charge in [-0.3, -0.25) is 4.79 Å². The van der Waals surface area contributed by atoms with Crippen LogP contribution in [0.25, 0.3) is 0 Å². The number of nitrogens with zero attached hydrogens (tertiary/aromatic N) is 1. The fraction of sp³-hybridized carbons (Fsp3) is 0.650. The van der Waals surface area contributed by atoms with E-state index in [0.717, 1.165) is 54.3 Å². The number of amides is 1. The SMILES string of the molecule is C[C@@H]1C[C@@H](C)CN(C[C@H](C)NC(=O)C2(c3ccc(Br)cc3)CC2)C1. The highest BCUT2D eigenvalue weighted by Gasteiger charge is 2.51. The average Bonchev–Trinajstić information content (AvgIpc) is 3.28. The molecule has 4 heteroatoms. The molecule has 2 fully saturated rings. The second-order valence-corrected chi connectivity index (χ2v) is 9.04. The van der Waals surface area contributed by atoms with Gasteiger partial charge in [0, 0.05) is 30.1 Å². The minimum absolute atomic E-state index is 0.197. The van der Waals surface area contributed by atoms with Gasteiger partial charge in [0.2, 0.25) is 5.91 Å². The minimum Gasteiger partial charge on any atom is -0.352 e. The number of carbonyl (C=O) groups is 1. The molecule has 132 valence electrons. The fourth-order valence-corrected chi connectivity index (χ4v) is 4.54. The van der Waals surface area contributed by atoms with Crippen molar-refractivity contribution in [3.63, 3.8) is 0 Å². The van der Waals surface area contributed by atoms with Gasteiger partial charge in [0.1, 0.15) is 0 Å². The third-order valence-electron chi connectivity index (χ3n) is 5.44. The maximum absolute atomic E-state index is 12.9. The molecule has 1 aromatic rings. The van der Waals surface area contributed by atoms with Crippen LogP contribution in [0.3, 0.4) is 0 Å². The zero-order chi connectivity index (χ0) is 17.3. The zero-order valence-corrected chi connectivity index (χ0v) is 16.6. The highest BCUT2D eigenvalue weighted by atomic mass is 79.9. The molecule has 1 saturated carbocycles. The maximum Gasteiger partial charge on any atom is 0.230 e. The van der Waals surface area contributed by atoms with Crippen molar-refractivity contribution in [2.24, 2.45) is 11.8 Å². The van der Waals surface area contributed by atoms with Crippen LogP contribution in [0.4, 0.5) is 0 Å². The summed E-state index contributed by atoms with van der Waals surface area (Å²) < 4.78 is 1.06. The normalized spacial score (nSPS) is 27.5. The van der Waals surface area contributed by atoms with E-state index in [1.54, 1.807) is 0 Å². The first-order valence-electron chi connectivity index (χ1n) is 9.18. The summed E-state index contributed by atoms with van der Waals surface area (Å²) in [6, 6.07) is 8.42. The molecule has 1 N–H and O–H groups in total. The number of benzene rings is 1. The van der Waals surface area contributed by atoms with E-state index in [1.165, 1.54) is 6.42 Å². The van der Waals surface area contributed by atoms with Crippen molar-refractivity contribution in [3.05, 3.63) is 34.3 Å². The Morgan fingerprint density at radius 1 is 1.25 bits per heavy atom. The van der Waals surface area contributed by atoms with Crippen molar-refractivity contribution in [2.75, 3.05) is 19.6 Å². The summed E-state index contributed by atoms with van der Waals surface area (Å²) in [5, 5.41) is 3.28. The summed E-state index contributed by atoms with van der Waals surface area (Å²) in [6.45, 7) is 10.1. The van der Waals surface area contributed by atoms with E-state index in [2.05, 4.69) is 59.1 Å². The van der Waals surface area contributed by atoms with Crippen molar-refractivity contribution in [1.29, 1.82) is 0 Å². The average molecular weight is 393 g/mol. The van der Waals surface area contributed by atoms with Crippen LogP contribution in [-0.2, 0) is 10.2 Å². The molecule has 0 radical (unpaired) electrons. The van der Waals surface area contributed by atoms with Crippen molar-refractivity contribution < 1.29 is 4.79 Å². The van der Waals surface area contributed by atoms with E-state index in [-0.39, 0.29) is 17.4 Å². The Balaban J connectivity index is 1.57. The van der Waals surface area contributed by atoms with E-state index < -0.39 is 0 Å². The van der Waals surface area contributed by atoms with Gasteiger partial charge >= 0.3 is 0 Å². The van der Waals surface area contributed by atoms with Gasteiger partial charge in [-0.2, -0.15) is 0 Å². The molecule has 3 rings (SSSR count). The van der Waals surface area contributed by atoms with Crippen LogP contribution in [0.15, 0.2) is 28.7 Å². The Hall–Kier alpha value is -0.870. The minimum atomic E-state index is -0.280. The topological polar surface area (TPSA) is 32.3 Å². The van der Waals surface area contributed by atoms with Crippen LogP contribution in [0.2, 0.25) is 0 Å². The summed E-state index contributed by atoms with van der Waals surface area (Å²) in [7, 11) is 0. The molecule has 2 aliphatic rings. The Morgan fingerprint density at radius 3 is 2.38 bits per heavy atom. The van der Waals surface area contributed by atoms with E-state index in [9.17, 15) is 4.79 Å². The number of halogens is 1. The van der Waals surface area contributed by atoms with Crippen molar-refractivity contribution in [1.82, 2.24) is 10.2 Å². The van der Waals surface area contributed by atoms with Crippen LogP contribution >= 0.6 is 15.9 Å². The first-order valence-corrected chi connectivity index (χ1v) is 9.98. The molecule has 0 spiro atoms. The molecule has 1 aliphatic carbocycles. The summed E-state index contributed by atoms with van der Waals surface area (Å²) in [6.07, 6.45) is 3.25. The van der Waals surface area contributed by atoms with Gasteiger partial charge in [-0.15, -0.1) is 0 Å². The van der Waals surface area contributed by atoms with Gasteiger partial charge in [0.15, 0.2) is 0 Å². The number of hydrogen-bond donors (Lipinski definition) is 1. The van der Waals surface area contributed by atoms with Crippen molar-refractivity contribution in [3.8, 4) is 0 Å². The van der Waals surface area contributed by atoms with Gasteiger partial charge in [-0.05, 0) is 55.7 Å². The molecule has 1 heterocycles. The van der Waals surface area contributed by atoms with Gasteiger partial charge in [-0.1, -0.05) is 41.9 Å². The zero-order valence-electron chi connectivity index (χ0n) is 15.0. The predicted octanol–water partition coefficient (Wildman–Crippen LogP) is 3.96. The summed E-state index contributed by atoms with van der Waals surface area (Å²) >= 11 is 3.47. The third kappa shape index (κ3) is 4.02. The van der Waals surface area contributed by atoms with E-state index in [1.807, 2.05) is 12.1 Å². The second kappa shape index (κ2) is 7.17. The van der Waals surface area contributed by atoms with Gasteiger partial charge in [0.25, 0.3) is 0 Å². The summed E-state index contributed by atoms with van der Waals surface area (Å²) in [4.78, 5) is 15.4. The lowest BCUT2D eigenvalue weighted by atomic mass is 9.91. The van der Waals surface area contributed by atoms with Crippen molar-refractivity contribution in [2.45, 2.75) is 51.5 Å². The standard InChI is InChI=1S/C20H29BrN2O/c1-14-10-15(2)12-23(11-14)13-16(3)22-19(24)20(8-9-20)17-4-6-18(21)7-5-17/h4-7,14-16H,8-13H2,1-3H3,(H,22,24)/t14-,15-,16+/m1/s1. The Bertz CT molecular complexity index is 572. The molecule has 1 amide bonds. The van der Waals surface area contributed by atoms with Gasteiger partial charge in [-0.25, -0.2) is 0 Å². The van der Waals surface area contributed by atoms with Crippen LogP contribution in [0.1, 0.15) is 45.6 Å². The van der Waals surface area contributed by atoms with Crippen molar-refractivity contribution >= 4 is 21.8 Å². The molecule has 0 aromatic heterocycles. The lowest BCUT2D eigenvalue weighted by Gasteiger charge is -2.36. The van der Waals surface area contributed by atoms with E-state index in [4.69, 9.17) is 0 Å². The van der Waals surface area contributed by atoms with Crippen LogP contribution in [0, 0.1) is 11.8 Å². The lowest BCUT2D eigenvalue weighted by molar-refractivity contribution is -0.124. The summed E-state index contributed by atoms with van der Waals surface area (Å²) in [5.74, 6) is 1.72. The van der Waals surface area contributed by atoms with Crippen LogP contribution in [-0.4, -0.2) is 36.5 Å². The molecule has 0 bridgehead atoms. The lowest BCUT2D eigenvalue weighted by Crippen LogP contribution is -2.49.